The summed E-state index contributed by atoms with van der Waals surface area (Å²) in [6, 6.07) is 11.3. The topological polar surface area (TPSA) is 117 Å². The lowest BCUT2D eigenvalue weighted by atomic mass is 9.65. The minimum Gasteiger partial charge on any atom is -0.494 e. The monoisotopic (exact) mass is 577 g/mol. The van der Waals surface area contributed by atoms with Crippen LogP contribution in [0, 0.1) is 31.6 Å². The Labute approximate surface area is 248 Å². The number of hydrogen-bond donors (Lipinski definition) is 3. The first kappa shape index (κ1) is 30.0. The van der Waals surface area contributed by atoms with E-state index in [0.29, 0.717) is 43.0 Å². The average molecular weight is 578 g/mol. The first-order valence-electron chi connectivity index (χ1n) is 15.1. The van der Waals surface area contributed by atoms with Crippen LogP contribution >= 0.6 is 0 Å². The van der Waals surface area contributed by atoms with Gasteiger partial charge in [-0.1, -0.05) is 32.9 Å². The predicted octanol–water partition coefficient (Wildman–Crippen LogP) is 4.45. The Morgan fingerprint density at radius 2 is 1.79 bits per heavy atom. The summed E-state index contributed by atoms with van der Waals surface area (Å²) in [6.45, 7) is 11.8. The summed E-state index contributed by atoms with van der Waals surface area (Å²) in [6.07, 6.45) is 1.56. The maximum atomic E-state index is 14.5. The zero-order chi connectivity index (χ0) is 30.4. The number of ether oxygens (including phenoxy) is 2. The number of likely N-dealkylation sites (tertiary alicyclic amines) is 1. The number of benzene rings is 2. The van der Waals surface area contributed by atoms with E-state index in [1.165, 1.54) is 4.90 Å². The molecular formula is C33H43N3O6. The Balaban J connectivity index is 1.54. The van der Waals surface area contributed by atoms with Crippen LogP contribution in [0.4, 0.5) is 11.4 Å². The number of amides is 3. The van der Waals surface area contributed by atoms with E-state index >= 15 is 0 Å². The summed E-state index contributed by atoms with van der Waals surface area (Å²) in [5.41, 5.74) is 1.10. The minimum absolute atomic E-state index is 0.126. The van der Waals surface area contributed by atoms with Crippen molar-refractivity contribution in [3.05, 3.63) is 53.6 Å². The van der Waals surface area contributed by atoms with Gasteiger partial charge in [-0.05, 0) is 87.4 Å². The number of rotatable bonds is 10. The van der Waals surface area contributed by atoms with Gasteiger partial charge in [-0.3, -0.25) is 14.4 Å². The highest BCUT2D eigenvalue weighted by molar-refractivity contribution is 6.05. The number of aliphatic hydroxyl groups excluding tert-OH is 1. The number of nitrogens with zero attached hydrogens (tertiary/aromatic N) is 1. The molecule has 2 aromatic carbocycles. The molecule has 0 aliphatic carbocycles. The standard InChI is InChI=1S/C33H43N3O6/c1-7-32-15-16-33(42-32)27(26(32)29(38)34-22-11-13-23(14-12-22)41-8-2)31(40)36(25(18-37)19(3)4)28(33)30(39)35-24-17-20(5)9-10-21(24)6/h9-14,17,19,25-28,37H,7-8,15-16,18H2,1-6H3,(H,34,38)(H,35,39)/t25-,26+,27-,28?,32-,33?/m0/s1. The molecule has 0 saturated carbocycles. The normalized spacial score (nSPS) is 28.6. The number of anilines is 2. The van der Waals surface area contributed by atoms with Crippen LogP contribution in [0.5, 0.6) is 5.75 Å². The number of aryl methyl sites for hydroxylation is 2. The van der Waals surface area contributed by atoms with Gasteiger partial charge >= 0.3 is 0 Å². The quantitative estimate of drug-likeness (QED) is 0.384. The molecule has 0 aromatic heterocycles. The van der Waals surface area contributed by atoms with E-state index in [4.69, 9.17) is 9.47 Å². The molecule has 3 heterocycles. The molecule has 2 bridgehead atoms. The van der Waals surface area contributed by atoms with E-state index in [-0.39, 0.29) is 30.2 Å². The van der Waals surface area contributed by atoms with Gasteiger partial charge in [0.2, 0.25) is 17.7 Å². The zero-order valence-electron chi connectivity index (χ0n) is 25.4. The van der Waals surface area contributed by atoms with Gasteiger partial charge in [-0.2, -0.15) is 0 Å². The third-order valence-electron chi connectivity index (χ3n) is 9.55. The van der Waals surface area contributed by atoms with Gasteiger partial charge in [0.25, 0.3) is 0 Å². The second kappa shape index (κ2) is 11.3. The second-order valence-electron chi connectivity index (χ2n) is 12.3. The molecule has 226 valence electrons. The highest BCUT2D eigenvalue weighted by Gasteiger charge is 2.79. The van der Waals surface area contributed by atoms with Gasteiger partial charge in [-0.15, -0.1) is 0 Å². The number of nitrogens with one attached hydrogen (secondary N) is 2. The average Bonchev–Trinajstić information content (AvgIpc) is 3.56. The van der Waals surface area contributed by atoms with E-state index in [9.17, 15) is 19.5 Å². The third kappa shape index (κ3) is 4.76. The van der Waals surface area contributed by atoms with Crippen molar-refractivity contribution in [3.8, 4) is 5.75 Å². The molecule has 6 atom stereocenters. The molecule has 9 heteroatoms. The predicted molar refractivity (Wildman–Crippen MR) is 160 cm³/mol. The van der Waals surface area contributed by atoms with Gasteiger partial charge in [0.05, 0.1) is 36.7 Å². The van der Waals surface area contributed by atoms with Crippen molar-refractivity contribution in [1.29, 1.82) is 0 Å². The van der Waals surface area contributed by atoms with Crippen LogP contribution in [0.15, 0.2) is 42.5 Å². The molecule has 1 spiro atoms. The third-order valence-corrected chi connectivity index (χ3v) is 9.55. The fourth-order valence-corrected chi connectivity index (χ4v) is 7.42. The van der Waals surface area contributed by atoms with Gasteiger partial charge in [-0.25, -0.2) is 0 Å². The van der Waals surface area contributed by atoms with E-state index in [1.807, 2.05) is 59.7 Å². The number of carbonyl (C=O) groups excluding carboxylic acids is 3. The van der Waals surface area contributed by atoms with Crippen LogP contribution < -0.4 is 15.4 Å². The molecule has 3 N–H and O–H groups in total. The maximum absolute atomic E-state index is 14.5. The number of hydrogen-bond acceptors (Lipinski definition) is 6. The largest absolute Gasteiger partial charge is 0.494 e. The first-order valence-corrected chi connectivity index (χ1v) is 15.1. The Bertz CT molecular complexity index is 1360. The molecule has 5 rings (SSSR count). The maximum Gasteiger partial charge on any atom is 0.250 e. The van der Waals surface area contributed by atoms with E-state index in [0.717, 1.165) is 11.1 Å². The van der Waals surface area contributed by atoms with Crippen LogP contribution in [-0.2, 0) is 19.1 Å². The number of carbonyl (C=O) groups is 3. The molecule has 3 amide bonds. The fourth-order valence-electron chi connectivity index (χ4n) is 7.42. The fraction of sp³-hybridized carbons (Fsp3) is 0.545. The first-order chi connectivity index (χ1) is 20.0. The van der Waals surface area contributed by atoms with Crippen LogP contribution in [0.2, 0.25) is 0 Å². The van der Waals surface area contributed by atoms with Crippen molar-refractivity contribution in [2.24, 2.45) is 17.8 Å². The van der Waals surface area contributed by atoms with Gasteiger partial charge < -0.3 is 30.1 Å². The van der Waals surface area contributed by atoms with Crippen molar-refractivity contribution >= 4 is 29.1 Å². The Kier molecular flexibility index (Phi) is 8.11. The summed E-state index contributed by atoms with van der Waals surface area (Å²) < 4.78 is 12.4. The van der Waals surface area contributed by atoms with Crippen molar-refractivity contribution in [2.75, 3.05) is 23.8 Å². The molecule has 3 aliphatic rings. The SMILES string of the molecule is CCOc1ccc(NC(=O)[C@H]2[C@H]3C(=O)N([C@@H](CO)C(C)C)C(C(=O)Nc4cc(C)ccc4C)C34CC[C@]2(CC)O4)cc1. The summed E-state index contributed by atoms with van der Waals surface area (Å²) >= 11 is 0. The Morgan fingerprint density at radius 1 is 1.07 bits per heavy atom. The summed E-state index contributed by atoms with van der Waals surface area (Å²) in [5.74, 6) is -2.05. The van der Waals surface area contributed by atoms with Gasteiger partial charge in [0, 0.05) is 11.4 Å². The van der Waals surface area contributed by atoms with E-state index in [2.05, 4.69) is 10.6 Å². The number of aliphatic hydroxyl groups is 1. The lowest BCUT2D eigenvalue weighted by Gasteiger charge is -2.38. The van der Waals surface area contributed by atoms with Gasteiger partial charge in [0.1, 0.15) is 17.4 Å². The van der Waals surface area contributed by atoms with Crippen LogP contribution in [0.3, 0.4) is 0 Å². The van der Waals surface area contributed by atoms with E-state index < -0.39 is 35.1 Å². The Hall–Kier alpha value is -3.43. The molecule has 9 nitrogen and oxygen atoms in total. The molecular weight excluding hydrogens is 534 g/mol. The highest BCUT2D eigenvalue weighted by atomic mass is 16.5. The van der Waals surface area contributed by atoms with Crippen LogP contribution in [-0.4, -0.2) is 64.2 Å². The smallest absolute Gasteiger partial charge is 0.250 e. The van der Waals surface area contributed by atoms with E-state index in [1.54, 1.807) is 24.3 Å². The van der Waals surface area contributed by atoms with Crippen molar-refractivity contribution in [3.63, 3.8) is 0 Å². The van der Waals surface area contributed by atoms with Crippen molar-refractivity contribution in [2.45, 2.75) is 84.1 Å². The van der Waals surface area contributed by atoms with Crippen LogP contribution in [0.25, 0.3) is 0 Å². The van der Waals surface area contributed by atoms with Gasteiger partial charge in [0.15, 0.2) is 0 Å². The summed E-state index contributed by atoms with van der Waals surface area (Å²) in [7, 11) is 0. The lowest BCUT2D eigenvalue weighted by molar-refractivity contribution is -0.149. The Morgan fingerprint density at radius 3 is 2.40 bits per heavy atom. The molecule has 3 aliphatic heterocycles. The molecule has 3 saturated heterocycles. The van der Waals surface area contributed by atoms with Crippen molar-refractivity contribution in [1.82, 2.24) is 4.90 Å². The lowest BCUT2D eigenvalue weighted by Crippen LogP contribution is -2.57. The summed E-state index contributed by atoms with van der Waals surface area (Å²) in [5, 5.41) is 16.5. The molecule has 0 radical (unpaired) electrons. The number of fused-ring (bicyclic) bond motifs is 1. The molecule has 2 aromatic rings. The molecule has 42 heavy (non-hydrogen) atoms. The second-order valence-corrected chi connectivity index (χ2v) is 12.3. The molecule has 2 unspecified atom stereocenters. The molecule has 3 fully saturated rings. The summed E-state index contributed by atoms with van der Waals surface area (Å²) in [4.78, 5) is 44.3. The minimum atomic E-state index is -1.18. The van der Waals surface area contributed by atoms with Crippen molar-refractivity contribution < 1.29 is 29.0 Å². The van der Waals surface area contributed by atoms with Crippen LogP contribution in [0.1, 0.15) is 58.1 Å². The zero-order valence-corrected chi connectivity index (χ0v) is 25.4. The highest BCUT2D eigenvalue weighted by Crippen LogP contribution is 2.64.